The summed E-state index contributed by atoms with van der Waals surface area (Å²) in [5.74, 6) is -2.03. The van der Waals surface area contributed by atoms with E-state index in [-0.39, 0.29) is 11.4 Å². The Hall–Kier alpha value is -2.69. The highest BCUT2D eigenvalue weighted by atomic mass is 19.3. The molecule has 0 fully saturated rings. The molecule has 2 aromatic carbocycles. The number of alkyl halides is 2. The number of aromatic nitrogens is 2. The lowest BCUT2D eigenvalue weighted by atomic mass is 10.0. The van der Waals surface area contributed by atoms with Crippen LogP contribution >= 0.6 is 0 Å². The Balaban J connectivity index is 0.000000201. The van der Waals surface area contributed by atoms with Crippen LogP contribution in [0.4, 0.5) is 13.2 Å². The highest BCUT2D eigenvalue weighted by molar-refractivity contribution is 5.28. The predicted molar refractivity (Wildman–Crippen MR) is 98.7 cm³/mol. The van der Waals surface area contributed by atoms with Gasteiger partial charge in [-0.05, 0) is 44.0 Å². The van der Waals surface area contributed by atoms with Gasteiger partial charge < -0.3 is 0 Å². The minimum Gasteiger partial charge on any atom is -0.242 e. The van der Waals surface area contributed by atoms with Gasteiger partial charge in [0.25, 0.3) is 5.92 Å². The van der Waals surface area contributed by atoms with Crippen molar-refractivity contribution in [2.24, 2.45) is 0 Å². The van der Waals surface area contributed by atoms with Crippen LogP contribution in [0.2, 0.25) is 0 Å². The fraction of sp³-hybridized carbons (Fsp3) is 0.238. The van der Waals surface area contributed by atoms with Gasteiger partial charge in [-0.1, -0.05) is 42.5 Å². The monoisotopic (exact) mass is 360 g/mol. The number of hydrogen-bond donors (Lipinski definition) is 0. The molecule has 0 amide bonds. The molecule has 0 radical (unpaired) electrons. The molecular formula is C21H23F3N2. The summed E-state index contributed by atoms with van der Waals surface area (Å²) >= 11 is 0. The fourth-order valence-electron chi connectivity index (χ4n) is 1.99. The van der Waals surface area contributed by atoms with Crippen LogP contribution < -0.4 is 0 Å². The SMILES string of the molecule is Cc1ccccc1C(C)(F)F.Cc1ccccc1F.Cc1ncccn1. The molecule has 2 nitrogen and oxygen atoms in total. The number of nitrogens with zero attached hydrogens (tertiary/aromatic N) is 2. The second-order valence-electron chi connectivity index (χ2n) is 5.75. The van der Waals surface area contributed by atoms with Crippen molar-refractivity contribution in [3.63, 3.8) is 0 Å². The van der Waals surface area contributed by atoms with Gasteiger partial charge in [-0.2, -0.15) is 0 Å². The molecule has 1 heterocycles. The van der Waals surface area contributed by atoms with E-state index < -0.39 is 5.92 Å². The molecule has 0 aliphatic carbocycles. The number of benzene rings is 2. The smallest absolute Gasteiger partial charge is 0.242 e. The molecule has 1 aromatic heterocycles. The van der Waals surface area contributed by atoms with Crippen LogP contribution in [0.3, 0.4) is 0 Å². The van der Waals surface area contributed by atoms with Crippen LogP contribution in [0, 0.1) is 26.6 Å². The van der Waals surface area contributed by atoms with Gasteiger partial charge in [-0.25, -0.2) is 23.1 Å². The predicted octanol–water partition coefficient (Wildman–Crippen LogP) is 6.03. The lowest BCUT2D eigenvalue weighted by Crippen LogP contribution is -2.08. The van der Waals surface area contributed by atoms with Gasteiger partial charge in [-0.3, -0.25) is 0 Å². The van der Waals surface area contributed by atoms with Crippen LogP contribution in [-0.4, -0.2) is 9.97 Å². The van der Waals surface area contributed by atoms with E-state index in [1.54, 1.807) is 62.6 Å². The van der Waals surface area contributed by atoms with Gasteiger partial charge in [0.15, 0.2) is 0 Å². The van der Waals surface area contributed by atoms with E-state index in [0.717, 1.165) is 12.7 Å². The van der Waals surface area contributed by atoms with Crippen molar-refractivity contribution in [1.82, 2.24) is 9.97 Å². The standard InChI is InChI=1S/C9H10F2.C7H7F.C5H6N2/c1-7-5-3-4-6-8(7)9(2,10)11;1-6-4-2-3-5-7(6)8;1-5-6-3-2-4-7-5/h3-6H,1-2H3;2-5H,1H3;2-4H,1H3. The van der Waals surface area contributed by atoms with E-state index in [1.165, 1.54) is 12.1 Å². The Morgan fingerprint density at radius 3 is 1.54 bits per heavy atom. The molecule has 26 heavy (non-hydrogen) atoms. The van der Waals surface area contributed by atoms with Crippen LogP contribution in [0.25, 0.3) is 0 Å². The molecule has 3 rings (SSSR count). The van der Waals surface area contributed by atoms with Crippen molar-refractivity contribution in [3.05, 3.63) is 95.3 Å². The maximum atomic E-state index is 12.7. The molecule has 0 aliphatic rings. The molecular weight excluding hydrogens is 337 g/mol. The summed E-state index contributed by atoms with van der Waals surface area (Å²) in [6.45, 7) is 6.21. The van der Waals surface area contributed by atoms with E-state index in [4.69, 9.17) is 0 Å². The first-order valence-corrected chi connectivity index (χ1v) is 8.10. The van der Waals surface area contributed by atoms with Crippen molar-refractivity contribution >= 4 is 0 Å². The molecule has 0 atom stereocenters. The fourth-order valence-corrected chi connectivity index (χ4v) is 1.99. The molecule has 0 bridgehead atoms. The first-order chi connectivity index (χ1) is 12.2. The van der Waals surface area contributed by atoms with Crippen molar-refractivity contribution in [2.45, 2.75) is 33.6 Å². The maximum absolute atomic E-state index is 12.7. The van der Waals surface area contributed by atoms with Crippen molar-refractivity contribution in [2.75, 3.05) is 0 Å². The summed E-state index contributed by atoms with van der Waals surface area (Å²) < 4.78 is 37.7. The Labute approximate surface area is 152 Å². The summed E-state index contributed by atoms with van der Waals surface area (Å²) in [7, 11) is 0. The number of halogens is 3. The molecule has 138 valence electrons. The lowest BCUT2D eigenvalue weighted by molar-refractivity contribution is 0.0168. The van der Waals surface area contributed by atoms with Crippen molar-refractivity contribution in [3.8, 4) is 0 Å². The average Bonchev–Trinajstić information content (AvgIpc) is 2.59. The second kappa shape index (κ2) is 10.3. The van der Waals surface area contributed by atoms with Crippen LogP contribution in [0.15, 0.2) is 67.0 Å². The molecule has 0 saturated carbocycles. The highest BCUT2D eigenvalue weighted by Crippen LogP contribution is 2.28. The molecule has 5 heteroatoms. The number of hydrogen-bond acceptors (Lipinski definition) is 2. The maximum Gasteiger partial charge on any atom is 0.270 e. The van der Waals surface area contributed by atoms with E-state index in [2.05, 4.69) is 9.97 Å². The van der Waals surface area contributed by atoms with Crippen LogP contribution in [-0.2, 0) is 5.92 Å². The van der Waals surface area contributed by atoms with Crippen LogP contribution in [0.1, 0.15) is 29.4 Å². The van der Waals surface area contributed by atoms with Gasteiger partial charge in [0, 0.05) is 24.9 Å². The minimum atomic E-state index is -2.72. The third kappa shape index (κ3) is 7.92. The summed E-state index contributed by atoms with van der Waals surface area (Å²) in [5, 5.41) is 0. The van der Waals surface area contributed by atoms with Gasteiger partial charge in [0.2, 0.25) is 0 Å². The first kappa shape index (κ1) is 21.4. The van der Waals surface area contributed by atoms with Gasteiger partial charge >= 0.3 is 0 Å². The Morgan fingerprint density at radius 2 is 1.23 bits per heavy atom. The summed E-state index contributed by atoms with van der Waals surface area (Å²) in [4.78, 5) is 7.74. The quantitative estimate of drug-likeness (QED) is 0.530. The lowest BCUT2D eigenvalue weighted by Gasteiger charge is -2.12. The molecule has 0 spiro atoms. The summed E-state index contributed by atoms with van der Waals surface area (Å²) in [5.41, 5.74) is 1.45. The van der Waals surface area contributed by atoms with Crippen molar-refractivity contribution < 1.29 is 13.2 Å². The first-order valence-electron chi connectivity index (χ1n) is 8.10. The molecule has 0 aliphatic heterocycles. The van der Waals surface area contributed by atoms with Crippen LogP contribution in [0.5, 0.6) is 0 Å². The highest BCUT2D eigenvalue weighted by Gasteiger charge is 2.25. The molecule has 0 unspecified atom stereocenters. The minimum absolute atomic E-state index is 0.111. The zero-order valence-electron chi connectivity index (χ0n) is 15.4. The second-order valence-corrected chi connectivity index (χ2v) is 5.75. The Kier molecular flexibility index (Phi) is 8.49. The van der Waals surface area contributed by atoms with Gasteiger partial charge in [0.1, 0.15) is 11.6 Å². The topological polar surface area (TPSA) is 25.8 Å². The largest absolute Gasteiger partial charge is 0.270 e. The number of rotatable bonds is 1. The average molecular weight is 360 g/mol. The molecule has 0 saturated heterocycles. The normalized spacial score (nSPS) is 10.1. The van der Waals surface area contributed by atoms with E-state index in [0.29, 0.717) is 11.1 Å². The molecule has 0 N–H and O–H groups in total. The van der Waals surface area contributed by atoms with E-state index in [1.807, 2.05) is 13.0 Å². The van der Waals surface area contributed by atoms with Gasteiger partial charge in [-0.15, -0.1) is 0 Å². The zero-order chi connectivity index (χ0) is 19.6. The van der Waals surface area contributed by atoms with Gasteiger partial charge in [0.05, 0.1) is 0 Å². The third-order valence-corrected chi connectivity index (χ3v) is 3.39. The Morgan fingerprint density at radius 1 is 0.731 bits per heavy atom. The number of aryl methyl sites for hydroxylation is 3. The van der Waals surface area contributed by atoms with Crippen molar-refractivity contribution in [1.29, 1.82) is 0 Å². The van der Waals surface area contributed by atoms with E-state index in [9.17, 15) is 13.2 Å². The Bertz CT molecular complexity index is 764. The zero-order valence-corrected chi connectivity index (χ0v) is 15.4. The summed E-state index contributed by atoms with van der Waals surface area (Å²) in [6.07, 6.45) is 3.45. The summed E-state index contributed by atoms with van der Waals surface area (Å²) in [6, 6.07) is 15.0. The van der Waals surface area contributed by atoms with E-state index >= 15 is 0 Å². The molecule has 3 aromatic rings. The third-order valence-electron chi connectivity index (χ3n) is 3.39.